The predicted octanol–water partition coefficient (Wildman–Crippen LogP) is 4.48. The largest absolute Gasteiger partial charge is 0.294 e. The summed E-state index contributed by atoms with van der Waals surface area (Å²) in [4.78, 5) is 11.7. The monoisotopic (exact) mass is 288 g/mol. The van der Waals surface area contributed by atoms with Crippen LogP contribution in [0.1, 0.15) is 36.0 Å². The zero-order chi connectivity index (χ0) is 11.1. The van der Waals surface area contributed by atoms with E-state index in [0.29, 0.717) is 17.0 Å². The number of carbonyl (C=O) groups is 1. The zero-order valence-corrected chi connectivity index (χ0v) is 10.9. The first kappa shape index (κ1) is 12.7. The number of rotatable bonds is 6. The molecule has 1 rings (SSSR count). The maximum atomic E-state index is 11.7. The van der Waals surface area contributed by atoms with Crippen LogP contribution in [0, 0.1) is 0 Å². The molecule has 0 bridgehead atoms. The van der Waals surface area contributed by atoms with Crippen LogP contribution in [0.2, 0.25) is 5.02 Å². The van der Waals surface area contributed by atoms with Gasteiger partial charge in [-0.05, 0) is 25.0 Å². The molecule has 0 aliphatic carbocycles. The van der Waals surface area contributed by atoms with Gasteiger partial charge >= 0.3 is 0 Å². The third-order valence-electron chi connectivity index (χ3n) is 2.21. The third-order valence-corrected chi connectivity index (χ3v) is 3.10. The van der Waals surface area contributed by atoms with E-state index in [4.69, 9.17) is 11.6 Å². The molecule has 0 aliphatic heterocycles. The Bertz CT molecular complexity index is 325. The molecule has 0 unspecified atom stereocenters. The molecule has 1 aromatic rings. The second kappa shape index (κ2) is 7.02. The smallest absolute Gasteiger partial charge is 0.164 e. The Hall–Kier alpha value is -0.340. The van der Waals surface area contributed by atoms with Crippen LogP contribution in [0.25, 0.3) is 0 Å². The van der Waals surface area contributed by atoms with Crippen LogP contribution in [-0.2, 0) is 0 Å². The van der Waals surface area contributed by atoms with E-state index in [1.54, 1.807) is 12.1 Å². The molecule has 0 amide bonds. The Kier molecular flexibility index (Phi) is 5.96. The number of ketones is 1. The molecule has 0 heterocycles. The summed E-state index contributed by atoms with van der Waals surface area (Å²) in [6.07, 6.45) is 3.74. The molecule has 0 aliphatic rings. The Labute approximate surface area is 104 Å². The summed E-state index contributed by atoms with van der Waals surface area (Å²) < 4.78 is 0. The minimum atomic E-state index is 0.148. The summed E-state index contributed by atoms with van der Waals surface area (Å²) >= 11 is 9.30. The number of hydrogen-bond acceptors (Lipinski definition) is 1. The number of unbranched alkanes of at least 4 members (excludes halogenated alkanes) is 2. The summed E-state index contributed by atoms with van der Waals surface area (Å²) in [6, 6.07) is 7.23. The van der Waals surface area contributed by atoms with Crippen molar-refractivity contribution in [3.05, 3.63) is 34.9 Å². The van der Waals surface area contributed by atoms with Crippen LogP contribution in [0.5, 0.6) is 0 Å². The molecule has 0 spiro atoms. The van der Waals surface area contributed by atoms with Crippen molar-refractivity contribution in [2.24, 2.45) is 0 Å². The number of benzene rings is 1. The molecule has 1 nitrogen and oxygen atoms in total. The molecule has 15 heavy (non-hydrogen) atoms. The summed E-state index contributed by atoms with van der Waals surface area (Å²) in [6.45, 7) is 0. The Balaban J connectivity index is 2.44. The van der Waals surface area contributed by atoms with Crippen molar-refractivity contribution in [3.8, 4) is 0 Å². The maximum absolute atomic E-state index is 11.7. The molecule has 3 heteroatoms. The molecule has 0 N–H and O–H groups in total. The van der Waals surface area contributed by atoms with E-state index in [-0.39, 0.29) is 5.78 Å². The van der Waals surface area contributed by atoms with Crippen molar-refractivity contribution < 1.29 is 4.79 Å². The number of Topliss-reactive ketones (excluding diaryl/α,β-unsaturated/α-hetero) is 1. The normalized spacial score (nSPS) is 10.3. The topological polar surface area (TPSA) is 17.1 Å². The van der Waals surface area contributed by atoms with Crippen molar-refractivity contribution in [2.75, 3.05) is 5.33 Å². The first-order valence-corrected chi connectivity index (χ1v) is 6.59. The Morgan fingerprint density at radius 2 is 1.93 bits per heavy atom. The quantitative estimate of drug-likeness (QED) is 0.429. The summed E-state index contributed by atoms with van der Waals surface area (Å²) in [5.41, 5.74) is 0.651. The second-order valence-electron chi connectivity index (χ2n) is 3.40. The summed E-state index contributed by atoms with van der Waals surface area (Å²) in [5.74, 6) is 0.148. The number of hydrogen-bond donors (Lipinski definition) is 0. The van der Waals surface area contributed by atoms with Gasteiger partial charge in [-0.2, -0.15) is 0 Å². The molecule has 0 aromatic heterocycles. The van der Waals surface area contributed by atoms with Crippen molar-refractivity contribution in [1.29, 1.82) is 0 Å². The van der Waals surface area contributed by atoms with E-state index in [1.807, 2.05) is 12.1 Å². The molecule has 0 saturated carbocycles. The van der Waals surface area contributed by atoms with Crippen LogP contribution >= 0.6 is 27.5 Å². The van der Waals surface area contributed by atoms with E-state index >= 15 is 0 Å². The summed E-state index contributed by atoms with van der Waals surface area (Å²) in [5, 5.41) is 1.57. The van der Waals surface area contributed by atoms with Crippen LogP contribution in [0.3, 0.4) is 0 Å². The molecule has 0 radical (unpaired) electrons. The molecular formula is C12H14BrClO. The molecule has 1 aromatic carbocycles. The average Bonchev–Trinajstić information content (AvgIpc) is 2.25. The minimum Gasteiger partial charge on any atom is -0.294 e. The van der Waals surface area contributed by atoms with Crippen LogP contribution < -0.4 is 0 Å². The fraction of sp³-hybridized carbons (Fsp3) is 0.417. The van der Waals surface area contributed by atoms with Gasteiger partial charge in [-0.1, -0.05) is 46.1 Å². The van der Waals surface area contributed by atoms with Crippen LogP contribution in [0.15, 0.2) is 24.3 Å². The molecule has 0 atom stereocenters. The van der Waals surface area contributed by atoms with Crippen LogP contribution in [0.4, 0.5) is 0 Å². The van der Waals surface area contributed by atoms with Gasteiger partial charge in [0.1, 0.15) is 0 Å². The second-order valence-corrected chi connectivity index (χ2v) is 4.60. The minimum absolute atomic E-state index is 0.148. The highest BCUT2D eigenvalue weighted by Crippen LogP contribution is 2.18. The molecule has 0 saturated heterocycles. The highest BCUT2D eigenvalue weighted by atomic mass is 79.9. The highest BCUT2D eigenvalue weighted by Gasteiger charge is 2.08. The van der Waals surface area contributed by atoms with Gasteiger partial charge in [-0.15, -0.1) is 0 Å². The molecule has 82 valence electrons. The highest BCUT2D eigenvalue weighted by molar-refractivity contribution is 9.09. The zero-order valence-electron chi connectivity index (χ0n) is 8.51. The summed E-state index contributed by atoms with van der Waals surface area (Å²) in [7, 11) is 0. The average molecular weight is 290 g/mol. The van der Waals surface area contributed by atoms with Crippen molar-refractivity contribution in [3.63, 3.8) is 0 Å². The van der Waals surface area contributed by atoms with E-state index in [2.05, 4.69) is 15.9 Å². The van der Waals surface area contributed by atoms with Crippen LogP contribution in [-0.4, -0.2) is 11.1 Å². The first-order valence-electron chi connectivity index (χ1n) is 5.09. The van der Waals surface area contributed by atoms with E-state index in [9.17, 15) is 4.79 Å². The lowest BCUT2D eigenvalue weighted by Crippen LogP contribution is -1.99. The van der Waals surface area contributed by atoms with Gasteiger partial charge in [-0.3, -0.25) is 4.79 Å². The number of carbonyl (C=O) groups excluding carboxylic acids is 1. The van der Waals surface area contributed by atoms with E-state index in [1.165, 1.54) is 0 Å². The van der Waals surface area contributed by atoms with E-state index < -0.39 is 0 Å². The first-order chi connectivity index (χ1) is 7.25. The van der Waals surface area contributed by atoms with Crippen molar-refractivity contribution in [2.45, 2.75) is 25.7 Å². The van der Waals surface area contributed by atoms with Crippen molar-refractivity contribution >= 4 is 33.3 Å². The fourth-order valence-corrected chi connectivity index (χ4v) is 2.02. The Morgan fingerprint density at radius 1 is 1.20 bits per heavy atom. The third kappa shape index (κ3) is 4.35. The van der Waals surface area contributed by atoms with Gasteiger partial charge in [0, 0.05) is 17.3 Å². The van der Waals surface area contributed by atoms with Gasteiger partial charge in [-0.25, -0.2) is 0 Å². The van der Waals surface area contributed by atoms with Gasteiger partial charge in [0.25, 0.3) is 0 Å². The molecule has 0 fully saturated rings. The molecular weight excluding hydrogens is 275 g/mol. The Morgan fingerprint density at radius 3 is 2.60 bits per heavy atom. The van der Waals surface area contributed by atoms with E-state index in [0.717, 1.165) is 24.6 Å². The van der Waals surface area contributed by atoms with Gasteiger partial charge < -0.3 is 0 Å². The lowest BCUT2D eigenvalue weighted by Gasteiger charge is -2.02. The lowest BCUT2D eigenvalue weighted by molar-refractivity contribution is 0.0979. The number of alkyl halides is 1. The fourth-order valence-electron chi connectivity index (χ4n) is 1.38. The SMILES string of the molecule is O=C(CCCCCBr)c1ccccc1Cl. The standard InChI is InChI=1S/C12H14BrClO/c13-9-5-1-2-8-12(15)10-6-3-4-7-11(10)14/h3-4,6-7H,1-2,5,8-9H2. The van der Waals surface area contributed by atoms with Gasteiger partial charge in [0.2, 0.25) is 0 Å². The van der Waals surface area contributed by atoms with Gasteiger partial charge in [0.15, 0.2) is 5.78 Å². The van der Waals surface area contributed by atoms with Gasteiger partial charge in [0.05, 0.1) is 5.02 Å². The number of halogens is 2. The maximum Gasteiger partial charge on any atom is 0.164 e. The predicted molar refractivity (Wildman–Crippen MR) is 68.0 cm³/mol. The lowest BCUT2D eigenvalue weighted by atomic mass is 10.1. The van der Waals surface area contributed by atoms with Crippen molar-refractivity contribution in [1.82, 2.24) is 0 Å².